The van der Waals surface area contributed by atoms with E-state index in [9.17, 15) is 9.59 Å². The second-order valence-corrected chi connectivity index (χ2v) is 4.94. The van der Waals surface area contributed by atoms with Crippen molar-refractivity contribution in [3.05, 3.63) is 29.3 Å². The quantitative estimate of drug-likeness (QED) is 0.644. The second kappa shape index (κ2) is 6.80. The number of carbonyl (C=O) groups excluding carboxylic acids is 1. The summed E-state index contributed by atoms with van der Waals surface area (Å²) in [5.74, 6) is 1.58. The van der Waals surface area contributed by atoms with Crippen LogP contribution >= 0.6 is 0 Å². The molecule has 0 atom stereocenters. The summed E-state index contributed by atoms with van der Waals surface area (Å²) in [6.45, 7) is 1.15. The Morgan fingerprint density at radius 2 is 2.19 bits per heavy atom. The summed E-state index contributed by atoms with van der Waals surface area (Å²) in [5.41, 5.74) is 1.89. The lowest BCUT2D eigenvalue weighted by molar-refractivity contribution is 0.0697. The number of hydrogen-bond acceptors (Lipinski definition) is 2. The summed E-state index contributed by atoms with van der Waals surface area (Å²) < 4.78 is 0. The maximum absolute atomic E-state index is 12.1. The van der Waals surface area contributed by atoms with E-state index in [4.69, 9.17) is 11.5 Å². The molecule has 5 nitrogen and oxygen atoms in total. The second-order valence-electron chi connectivity index (χ2n) is 4.94. The lowest BCUT2D eigenvalue weighted by Gasteiger charge is -2.18. The van der Waals surface area contributed by atoms with Crippen LogP contribution in [0.5, 0.6) is 0 Å². The van der Waals surface area contributed by atoms with Crippen LogP contribution in [-0.4, -0.2) is 30.2 Å². The zero-order chi connectivity index (χ0) is 15.2. The van der Waals surface area contributed by atoms with Gasteiger partial charge in [0.1, 0.15) is 0 Å². The van der Waals surface area contributed by atoms with Gasteiger partial charge >= 0.3 is 12.0 Å². The molecule has 2 rings (SSSR count). The van der Waals surface area contributed by atoms with Gasteiger partial charge in [-0.1, -0.05) is 6.07 Å². The molecule has 110 valence electrons. The molecule has 0 unspecified atom stereocenters. The Labute approximate surface area is 124 Å². The molecule has 0 aliphatic carbocycles. The molecule has 2 N–H and O–H groups in total. The van der Waals surface area contributed by atoms with Gasteiger partial charge < -0.3 is 10.4 Å². The number of rotatable bonds is 5. The van der Waals surface area contributed by atoms with Gasteiger partial charge in [-0.05, 0) is 37.0 Å². The van der Waals surface area contributed by atoms with Gasteiger partial charge in [-0.2, -0.15) is 0 Å². The van der Waals surface area contributed by atoms with Crippen molar-refractivity contribution in [3.63, 3.8) is 0 Å². The molecule has 0 radical (unpaired) electrons. The number of fused-ring (bicyclic) bond motifs is 1. The number of benzene rings is 1. The number of terminal acetylenes is 1. The Kier molecular flexibility index (Phi) is 4.83. The van der Waals surface area contributed by atoms with Gasteiger partial charge in [-0.15, -0.1) is 12.3 Å². The Balaban J connectivity index is 1.98. The zero-order valence-electron chi connectivity index (χ0n) is 11.8. The minimum absolute atomic E-state index is 0.183. The van der Waals surface area contributed by atoms with E-state index in [2.05, 4.69) is 11.2 Å². The molecule has 1 aliphatic heterocycles. The SMILES string of the molecule is C#CCCCCNC(=O)N1CCc2ccc(C(=O)O)cc21. The highest BCUT2D eigenvalue weighted by atomic mass is 16.4. The summed E-state index contributed by atoms with van der Waals surface area (Å²) in [4.78, 5) is 24.8. The van der Waals surface area contributed by atoms with Gasteiger partial charge in [0.15, 0.2) is 0 Å². The monoisotopic (exact) mass is 286 g/mol. The maximum atomic E-state index is 12.1. The highest BCUT2D eigenvalue weighted by Crippen LogP contribution is 2.29. The number of hydrogen-bond donors (Lipinski definition) is 2. The van der Waals surface area contributed by atoms with E-state index >= 15 is 0 Å². The van der Waals surface area contributed by atoms with Gasteiger partial charge in [0.2, 0.25) is 0 Å². The Morgan fingerprint density at radius 3 is 2.90 bits per heavy atom. The number of nitrogens with one attached hydrogen (secondary N) is 1. The third-order valence-corrected chi connectivity index (χ3v) is 3.50. The summed E-state index contributed by atoms with van der Waals surface area (Å²) in [7, 11) is 0. The van der Waals surface area contributed by atoms with Gasteiger partial charge in [0.05, 0.1) is 5.56 Å². The predicted molar refractivity (Wildman–Crippen MR) is 80.5 cm³/mol. The molecule has 5 heteroatoms. The van der Waals surface area contributed by atoms with Crippen LogP contribution in [0.4, 0.5) is 10.5 Å². The molecule has 1 aliphatic rings. The van der Waals surface area contributed by atoms with Crippen LogP contribution in [0.25, 0.3) is 0 Å². The lowest BCUT2D eigenvalue weighted by atomic mass is 10.1. The molecule has 0 saturated heterocycles. The van der Waals surface area contributed by atoms with E-state index in [1.165, 1.54) is 0 Å². The molecule has 1 heterocycles. The average molecular weight is 286 g/mol. The van der Waals surface area contributed by atoms with Crippen molar-refractivity contribution in [3.8, 4) is 12.3 Å². The van der Waals surface area contributed by atoms with Crippen LogP contribution in [0.2, 0.25) is 0 Å². The van der Waals surface area contributed by atoms with Crippen LogP contribution < -0.4 is 10.2 Å². The zero-order valence-corrected chi connectivity index (χ0v) is 11.8. The molecular formula is C16H18N2O3. The Morgan fingerprint density at radius 1 is 1.38 bits per heavy atom. The van der Waals surface area contributed by atoms with Gasteiger partial charge in [-0.3, -0.25) is 4.90 Å². The number of carbonyl (C=O) groups is 2. The van der Waals surface area contributed by atoms with E-state index in [0.717, 1.165) is 24.8 Å². The van der Waals surface area contributed by atoms with Gasteiger partial charge in [0, 0.05) is 25.2 Å². The summed E-state index contributed by atoms with van der Waals surface area (Å²) in [6.07, 6.45) is 8.36. The third-order valence-electron chi connectivity index (χ3n) is 3.50. The first kappa shape index (κ1) is 14.9. The highest BCUT2D eigenvalue weighted by molar-refractivity contribution is 5.96. The molecule has 2 amide bonds. The van der Waals surface area contributed by atoms with E-state index in [1.807, 2.05) is 0 Å². The minimum Gasteiger partial charge on any atom is -0.478 e. The Bertz CT molecular complexity index is 590. The number of nitrogens with zero attached hydrogens (tertiary/aromatic N) is 1. The van der Waals surface area contributed by atoms with Crippen molar-refractivity contribution in [2.45, 2.75) is 25.7 Å². The van der Waals surface area contributed by atoms with Crippen LogP contribution in [0, 0.1) is 12.3 Å². The fourth-order valence-electron chi connectivity index (χ4n) is 2.37. The van der Waals surface area contributed by atoms with E-state index in [1.54, 1.807) is 23.1 Å². The fourth-order valence-corrected chi connectivity index (χ4v) is 2.37. The fraction of sp³-hybridized carbons (Fsp3) is 0.375. The summed E-state index contributed by atoms with van der Waals surface area (Å²) >= 11 is 0. The number of urea groups is 1. The average Bonchev–Trinajstić information content (AvgIpc) is 2.89. The van der Waals surface area contributed by atoms with E-state index in [-0.39, 0.29) is 11.6 Å². The molecule has 0 aromatic heterocycles. The van der Waals surface area contributed by atoms with Crippen LogP contribution in [0.15, 0.2) is 18.2 Å². The predicted octanol–water partition coefficient (Wildman–Crippen LogP) is 2.26. The molecule has 0 saturated carbocycles. The van der Waals surface area contributed by atoms with Gasteiger partial charge in [-0.25, -0.2) is 9.59 Å². The molecule has 0 fully saturated rings. The summed E-state index contributed by atoms with van der Waals surface area (Å²) in [5, 5.41) is 11.9. The molecule has 1 aromatic rings. The first-order valence-electron chi connectivity index (χ1n) is 6.98. The van der Waals surface area contributed by atoms with Crippen LogP contribution in [0.3, 0.4) is 0 Å². The Hall–Kier alpha value is -2.48. The summed E-state index contributed by atoms with van der Waals surface area (Å²) in [6, 6.07) is 4.72. The smallest absolute Gasteiger partial charge is 0.335 e. The largest absolute Gasteiger partial charge is 0.478 e. The number of carboxylic acids is 1. The number of carboxylic acid groups (broad SMARTS) is 1. The topological polar surface area (TPSA) is 69.6 Å². The molecular weight excluding hydrogens is 268 g/mol. The highest BCUT2D eigenvalue weighted by Gasteiger charge is 2.25. The molecule has 0 bridgehead atoms. The van der Waals surface area contributed by atoms with Crippen molar-refractivity contribution in [1.29, 1.82) is 0 Å². The molecule has 21 heavy (non-hydrogen) atoms. The van der Waals surface area contributed by atoms with E-state index in [0.29, 0.717) is 25.2 Å². The number of amides is 2. The third kappa shape index (κ3) is 3.54. The molecule has 1 aromatic carbocycles. The first-order chi connectivity index (χ1) is 10.1. The maximum Gasteiger partial charge on any atom is 0.335 e. The number of anilines is 1. The number of aromatic carboxylic acids is 1. The van der Waals surface area contributed by atoms with Crippen molar-refractivity contribution in [2.75, 3.05) is 18.0 Å². The number of unbranched alkanes of at least 4 members (excludes halogenated alkanes) is 2. The van der Waals surface area contributed by atoms with Crippen molar-refractivity contribution in [1.82, 2.24) is 5.32 Å². The lowest BCUT2D eigenvalue weighted by Crippen LogP contribution is -2.39. The van der Waals surface area contributed by atoms with Crippen LogP contribution in [0.1, 0.15) is 35.2 Å². The van der Waals surface area contributed by atoms with Crippen molar-refractivity contribution >= 4 is 17.7 Å². The van der Waals surface area contributed by atoms with Crippen LogP contribution in [-0.2, 0) is 6.42 Å². The van der Waals surface area contributed by atoms with E-state index < -0.39 is 5.97 Å². The van der Waals surface area contributed by atoms with Crippen molar-refractivity contribution < 1.29 is 14.7 Å². The van der Waals surface area contributed by atoms with Crippen molar-refractivity contribution in [2.24, 2.45) is 0 Å². The first-order valence-corrected chi connectivity index (χ1v) is 6.98. The normalized spacial score (nSPS) is 12.6. The van der Waals surface area contributed by atoms with Gasteiger partial charge in [0.25, 0.3) is 0 Å². The minimum atomic E-state index is -0.987. The molecule has 0 spiro atoms. The standard InChI is InChI=1S/C16H18N2O3/c1-2-3-4-5-9-17-16(21)18-10-8-12-6-7-13(15(19)20)11-14(12)18/h1,6-7,11H,3-5,8-10H2,(H,17,21)(H,19,20).